The van der Waals surface area contributed by atoms with Crippen LogP contribution >= 0.6 is 0 Å². The highest BCUT2D eigenvalue weighted by Crippen LogP contribution is 2.45. The molecule has 0 bridgehead atoms. The number of nitrogens with zero attached hydrogens (tertiary/aromatic N) is 2. The minimum Gasteiger partial charge on any atom is -0.381 e. The second-order valence-electron chi connectivity index (χ2n) is 8.12. The van der Waals surface area contributed by atoms with Gasteiger partial charge in [-0.25, -0.2) is 4.79 Å². The van der Waals surface area contributed by atoms with Crippen LogP contribution in [0.2, 0.25) is 0 Å². The summed E-state index contributed by atoms with van der Waals surface area (Å²) in [5, 5.41) is 5.98. The zero-order valence-electron chi connectivity index (χ0n) is 17.3. The Bertz CT molecular complexity index is 896. The van der Waals surface area contributed by atoms with Gasteiger partial charge in [0.1, 0.15) is 0 Å². The molecule has 1 spiro atoms. The average Bonchev–Trinajstić information content (AvgIpc) is 3.14. The number of hydrogen-bond acceptors (Lipinski definition) is 4. The number of anilines is 2. The van der Waals surface area contributed by atoms with Crippen molar-refractivity contribution >= 4 is 23.3 Å². The maximum absolute atomic E-state index is 13.2. The molecule has 7 heteroatoms. The first-order valence-electron chi connectivity index (χ1n) is 10.5. The molecule has 2 aliphatic heterocycles. The normalized spacial score (nSPS) is 20.2. The fourth-order valence-electron chi connectivity index (χ4n) is 4.51. The summed E-state index contributed by atoms with van der Waals surface area (Å²) in [5.74, 6) is -0.345. The van der Waals surface area contributed by atoms with E-state index in [-0.39, 0.29) is 23.3 Å². The number of amides is 3. The summed E-state index contributed by atoms with van der Waals surface area (Å²) in [5.41, 5.74) is 2.36. The number of likely N-dealkylation sites (tertiary alicyclic amines) is 1. The van der Waals surface area contributed by atoms with Crippen LogP contribution < -0.4 is 10.6 Å². The van der Waals surface area contributed by atoms with Crippen LogP contribution in [0.5, 0.6) is 0 Å². The van der Waals surface area contributed by atoms with Gasteiger partial charge in [-0.05, 0) is 49.1 Å². The fourth-order valence-corrected chi connectivity index (χ4v) is 4.51. The Morgan fingerprint density at radius 2 is 1.97 bits per heavy atom. The molecule has 3 amide bonds. The quantitative estimate of drug-likeness (QED) is 0.811. The highest BCUT2D eigenvalue weighted by Gasteiger charge is 2.51. The predicted molar refractivity (Wildman–Crippen MR) is 115 cm³/mol. The van der Waals surface area contributed by atoms with E-state index < -0.39 is 0 Å². The molecule has 158 valence electrons. The van der Waals surface area contributed by atoms with Gasteiger partial charge in [-0.1, -0.05) is 19.1 Å². The number of ether oxygens (including phenoxy) is 1. The third kappa shape index (κ3) is 4.31. The first kappa shape index (κ1) is 20.3. The van der Waals surface area contributed by atoms with E-state index in [0.29, 0.717) is 32.0 Å². The molecule has 1 aromatic heterocycles. The van der Waals surface area contributed by atoms with Gasteiger partial charge < -0.3 is 20.3 Å². The predicted octanol–water partition coefficient (Wildman–Crippen LogP) is 3.54. The van der Waals surface area contributed by atoms with Gasteiger partial charge in [-0.15, -0.1) is 0 Å². The fraction of sp³-hybridized carbons (Fsp3) is 0.435. The molecule has 2 N–H and O–H groups in total. The van der Waals surface area contributed by atoms with E-state index in [2.05, 4.69) is 22.5 Å². The lowest BCUT2D eigenvalue weighted by Gasteiger charge is -2.37. The monoisotopic (exact) mass is 408 g/mol. The van der Waals surface area contributed by atoms with Crippen molar-refractivity contribution in [1.82, 2.24) is 9.88 Å². The molecule has 30 heavy (non-hydrogen) atoms. The second-order valence-corrected chi connectivity index (χ2v) is 8.12. The number of nitrogens with one attached hydrogen (secondary N) is 2. The van der Waals surface area contributed by atoms with Crippen LogP contribution in [0.15, 0.2) is 48.8 Å². The molecule has 2 aliphatic rings. The van der Waals surface area contributed by atoms with Gasteiger partial charge in [0.25, 0.3) is 0 Å². The molecule has 3 heterocycles. The van der Waals surface area contributed by atoms with E-state index in [1.165, 1.54) is 5.56 Å². The van der Waals surface area contributed by atoms with Crippen molar-refractivity contribution in [2.75, 3.05) is 36.9 Å². The van der Waals surface area contributed by atoms with Gasteiger partial charge >= 0.3 is 6.03 Å². The highest BCUT2D eigenvalue weighted by molar-refractivity contribution is 5.95. The SMILES string of the molecule is CCc1cccc(NC(=O)N2CC(C(=O)Nc3cccnc3)C3(CCOCC3)C2)c1. The standard InChI is InChI=1S/C23H28N4O3/c1-2-17-5-3-6-18(13-17)26-22(29)27-15-20(23(16-27)8-11-30-12-9-23)21(28)25-19-7-4-10-24-14-19/h3-7,10,13-14,20H,2,8-9,11-12,15-16H2,1H3,(H,25,28)(H,26,29). The summed E-state index contributed by atoms with van der Waals surface area (Å²) >= 11 is 0. The molecule has 7 nitrogen and oxygen atoms in total. The third-order valence-corrected chi connectivity index (χ3v) is 6.26. The summed E-state index contributed by atoms with van der Waals surface area (Å²) in [7, 11) is 0. The molecule has 1 unspecified atom stereocenters. The van der Waals surface area contributed by atoms with E-state index in [9.17, 15) is 9.59 Å². The van der Waals surface area contributed by atoms with Crippen LogP contribution in [-0.2, 0) is 16.0 Å². The summed E-state index contributed by atoms with van der Waals surface area (Å²) < 4.78 is 5.56. The maximum Gasteiger partial charge on any atom is 0.321 e. The van der Waals surface area contributed by atoms with Crippen LogP contribution in [0.4, 0.5) is 16.2 Å². The number of urea groups is 1. The molecule has 0 radical (unpaired) electrons. The second kappa shape index (κ2) is 8.83. The first-order chi connectivity index (χ1) is 14.6. The van der Waals surface area contributed by atoms with E-state index in [0.717, 1.165) is 24.9 Å². The van der Waals surface area contributed by atoms with Crippen molar-refractivity contribution < 1.29 is 14.3 Å². The Morgan fingerprint density at radius 1 is 1.17 bits per heavy atom. The molecular weight excluding hydrogens is 380 g/mol. The first-order valence-corrected chi connectivity index (χ1v) is 10.5. The van der Waals surface area contributed by atoms with Gasteiger partial charge in [0, 0.05) is 43.6 Å². The topological polar surface area (TPSA) is 83.6 Å². The molecule has 1 atom stereocenters. The lowest BCUT2D eigenvalue weighted by molar-refractivity contribution is -0.124. The number of carbonyl (C=O) groups excluding carboxylic acids is 2. The molecule has 4 rings (SSSR count). The van der Waals surface area contributed by atoms with Crippen molar-refractivity contribution in [1.29, 1.82) is 0 Å². The van der Waals surface area contributed by atoms with Crippen molar-refractivity contribution in [3.63, 3.8) is 0 Å². The lowest BCUT2D eigenvalue weighted by Crippen LogP contribution is -2.42. The van der Waals surface area contributed by atoms with Crippen molar-refractivity contribution in [3.05, 3.63) is 54.4 Å². The van der Waals surface area contributed by atoms with Crippen LogP contribution in [0.3, 0.4) is 0 Å². The molecule has 2 fully saturated rings. The van der Waals surface area contributed by atoms with E-state index >= 15 is 0 Å². The largest absolute Gasteiger partial charge is 0.381 e. The number of carbonyl (C=O) groups is 2. The Labute approximate surface area is 176 Å². The Hall–Kier alpha value is -2.93. The van der Waals surface area contributed by atoms with Crippen molar-refractivity contribution in [2.24, 2.45) is 11.3 Å². The number of pyridine rings is 1. The van der Waals surface area contributed by atoms with Gasteiger partial charge in [0.15, 0.2) is 0 Å². The number of aromatic nitrogens is 1. The summed E-state index contributed by atoms with van der Waals surface area (Å²) in [6, 6.07) is 11.3. The minimum absolute atomic E-state index is 0.0619. The number of rotatable bonds is 4. The molecular formula is C23H28N4O3. The summed E-state index contributed by atoms with van der Waals surface area (Å²) in [6.07, 6.45) is 5.76. The average molecular weight is 409 g/mol. The Kier molecular flexibility index (Phi) is 5.99. The van der Waals surface area contributed by atoms with E-state index in [1.807, 2.05) is 30.3 Å². The summed E-state index contributed by atoms with van der Waals surface area (Å²) in [4.78, 5) is 32.0. The van der Waals surface area contributed by atoms with Crippen LogP contribution in [0.1, 0.15) is 25.3 Å². The molecule has 0 aliphatic carbocycles. The van der Waals surface area contributed by atoms with Crippen molar-refractivity contribution in [2.45, 2.75) is 26.2 Å². The number of benzene rings is 1. The minimum atomic E-state index is -0.283. The number of aryl methyl sites for hydroxylation is 1. The zero-order chi connectivity index (χ0) is 21.0. The highest BCUT2D eigenvalue weighted by atomic mass is 16.5. The molecule has 2 saturated heterocycles. The van der Waals surface area contributed by atoms with Gasteiger partial charge in [-0.2, -0.15) is 0 Å². The Balaban J connectivity index is 1.50. The Morgan fingerprint density at radius 3 is 2.70 bits per heavy atom. The molecule has 2 aromatic rings. The smallest absolute Gasteiger partial charge is 0.321 e. The lowest BCUT2D eigenvalue weighted by atomic mass is 9.71. The zero-order valence-corrected chi connectivity index (χ0v) is 17.3. The summed E-state index contributed by atoms with van der Waals surface area (Å²) in [6.45, 7) is 4.27. The van der Waals surface area contributed by atoms with Crippen molar-refractivity contribution in [3.8, 4) is 0 Å². The van der Waals surface area contributed by atoms with Crippen LogP contribution in [-0.4, -0.2) is 48.1 Å². The molecule has 1 aromatic carbocycles. The third-order valence-electron chi connectivity index (χ3n) is 6.26. The number of hydrogen-bond donors (Lipinski definition) is 2. The van der Waals surface area contributed by atoms with Gasteiger partial charge in [0.2, 0.25) is 5.91 Å². The van der Waals surface area contributed by atoms with Gasteiger partial charge in [0.05, 0.1) is 17.8 Å². The van der Waals surface area contributed by atoms with E-state index in [1.54, 1.807) is 23.4 Å². The maximum atomic E-state index is 13.2. The van der Waals surface area contributed by atoms with Crippen LogP contribution in [0, 0.1) is 11.3 Å². The van der Waals surface area contributed by atoms with Gasteiger partial charge in [-0.3, -0.25) is 9.78 Å². The van der Waals surface area contributed by atoms with E-state index in [4.69, 9.17) is 4.74 Å². The van der Waals surface area contributed by atoms with Crippen LogP contribution in [0.25, 0.3) is 0 Å². The molecule has 0 saturated carbocycles.